The molecule has 0 radical (unpaired) electrons. The number of benzene rings is 1. The van der Waals surface area contributed by atoms with Crippen molar-refractivity contribution < 1.29 is 22.8 Å². The van der Waals surface area contributed by atoms with Crippen LogP contribution in [0.3, 0.4) is 0 Å². The highest BCUT2D eigenvalue weighted by atomic mass is 19.4. The third-order valence-corrected chi connectivity index (χ3v) is 5.79. The Morgan fingerprint density at radius 3 is 2.45 bits per heavy atom. The molecule has 1 saturated carbocycles. The lowest BCUT2D eigenvalue weighted by atomic mass is 10.0. The van der Waals surface area contributed by atoms with Crippen LogP contribution in [0.4, 0.5) is 23.9 Å². The van der Waals surface area contributed by atoms with Crippen molar-refractivity contribution in [2.24, 2.45) is 5.92 Å². The summed E-state index contributed by atoms with van der Waals surface area (Å²) in [6.45, 7) is 3.87. The van der Waals surface area contributed by atoms with E-state index in [4.69, 9.17) is 0 Å². The Morgan fingerprint density at radius 2 is 1.87 bits per heavy atom. The number of amides is 2. The molecule has 1 aromatic heterocycles. The van der Waals surface area contributed by atoms with E-state index in [2.05, 4.69) is 9.97 Å². The lowest BCUT2D eigenvalue weighted by Crippen LogP contribution is -2.41. The van der Waals surface area contributed by atoms with E-state index in [0.717, 1.165) is 30.5 Å². The van der Waals surface area contributed by atoms with E-state index < -0.39 is 23.6 Å². The molecule has 6 nitrogen and oxygen atoms in total. The summed E-state index contributed by atoms with van der Waals surface area (Å²) in [7, 11) is 0. The highest BCUT2D eigenvalue weighted by molar-refractivity contribution is 6.02. The molecule has 2 amide bonds. The number of rotatable bonds is 6. The highest BCUT2D eigenvalue weighted by Gasteiger charge is 2.42. The smallest absolute Gasteiger partial charge is 0.312 e. The molecule has 0 N–H and O–H groups in total. The van der Waals surface area contributed by atoms with Gasteiger partial charge < -0.3 is 4.90 Å². The number of hydrogen-bond donors (Lipinski definition) is 0. The third-order valence-electron chi connectivity index (χ3n) is 5.79. The van der Waals surface area contributed by atoms with Gasteiger partial charge in [-0.1, -0.05) is 26.0 Å². The molecule has 164 valence electrons. The first-order chi connectivity index (χ1) is 14.6. The summed E-state index contributed by atoms with van der Waals surface area (Å²) in [6.07, 6.45) is 1.15. The average Bonchev–Trinajstić information content (AvgIpc) is 3.53. The zero-order valence-electron chi connectivity index (χ0n) is 17.3. The van der Waals surface area contributed by atoms with Crippen LogP contribution in [-0.2, 0) is 6.18 Å². The number of ketones is 1. The van der Waals surface area contributed by atoms with Crippen LogP contribution in [0.2, 0.25) is 0 Å². The number of hydrogen-bond acceptors (Lipinski definition) is 4. The zero-order valence-corrected chi connectivity index (χ0v) is 17.3. The number of carbonyl (C=O) groups excluding carboxylic acids is 2. The van der Waals surface area contributed by atoms with Gasteiger partial charge in [0, 0.05) is 18.0 Å². The molecule has 0 bridgehead atoms. The third kappa shape index (κ3) is 4.40. The number of urea groups is 1. The molecule has 1 aromatic carbocycles. The SMILES string of the molecule is CC(C)[C@H]1CN(c2ncc(C3CC3)cn2)C(=O)N1CC(=O)c1cccc(C(F)(F)F)c1. The predicted molar refractivity (Wildman–Crippen MR) is 108 cm³/mol. The molecule has 2 heterocycles. The van der Waals surface area contributed by atoms with E-state index in [0.29, 0.717) is 12.5 Å². The molecule has 2 fully saturated rings. The van der Waals surface area contributed by atoms with Gasteiger partial charge >= 0.3 is 12.2 Å². The second kappa shape index (κ2) is 7.94. The largest absolute Gasteiger partial charge is 0.416 e. The minimum Gasteiger partial charge on any atom is -0.312 e. The van der Waals surface area contributed by atoms with E-state index >= 15 is 0 Å². The van der Waals surface area contributed by atoms with Gasteiger partial charge in [0.15, 0.2) is 5.78 Å². The molecule has 1 saturated heterocycles. The lowest BCUT2D eigenvalue weighted by molar-refractivity contribution is -0.137. The van der Waals surface area contributed by atoms with Crippen molar-refractivity contribution in [2.75, 3.05) is 18.0 Å². The fourth-order valence-corrected chi connectivity index (χ4v) is 3.80. The minimum atomic E-state index is -4.54. The summed E-state index contributed by atoms with van der Waals surface area (Å²) in [4.78, 5) is 37.3. The Balaban J connectivity index is 1.53. The Labute approximate surface area is 178 Å². The normalized spacial score (nSPS) is 19.4. The molecular weight excluding hydrogens is 409 g/mol. The van der Waals surface area contributed by atoms with E-state index in [1.165, 1.54) is 21.9 Å². The number of alkyl halides is 3. The maximum absolute atomic E-state index is 13.1. The molecule has 0 unspecified atom stereocenters. The van der Waals surface area contributed by atoms with Gasteiger partial charge in [0.2, 0.25) is 5.95 Å². The van der Waals surface area contributed by atoms with Gasteiger partial charge in [0.1, 0.15) is 0 Å². The van der Waals surface area contributed by atoms with Crippen LogP contribution in [0.5, 0.6) is 0 Å². The van der Waals surface area contributed by atoms with Crippen LogP contribution in [0.25, 0.3) is 0 Å². The standard InChI is InChI=1S/C22H23F3N4O2/c1-13(2)18-11-29(20-26-9-16(10-27-20)14-6-7-14)21(31)28(18)12-19(30)15-4-3-5-17(8-15)22(23,24)25/h3-5,8-10,13-14,18H,6-7,11-12H2,1-2H3/t18-/m1/s1. The summed E-state index contributed by atoms with van der Waals surface area (Å²) in [5.41, 5.74) is 0.0818. The number of nitrogens with zero attached hydrogens (tertiary/aromatic N) is 4. The molecule has 4 rings (SSSR count). The van der Waals surface area contributed by atoms with Gasteiger partial charge in [-0.2, -0.15) is 13.2 Å². The number of aromatic nitrogens is 2. The second-order valence-electron chi connectivity index (χ2n) is 8.42. The van der Waals surface area contributed by atoms with Crippen molar-refractivity contribution in [2.45, 2.75) is 44.8 Å². The molecule has 31 heavy (non-hydrogen) atoms. The van der Waals surface area contributed by atoms with E-state index in [9.17, 15) is 22.8 Å². The maximum atomic E-state index is 13.1. The van der Waals surface area contributed by atoms with Crippen molar-refractivity contribution >= 4 is 17.8 Å². The fraction of sp³-hybridized carbons (Fsp3) is 0.455. The molecule has 0 spiro atoms. The van der Waals surface area contributed by atoms with Crippen molar-refractivity contribution in [3.8, 4) is 0 Å². The van der Waals surface area contributed by atoms with E-state index in [1.54, 1.807) is 12.4 Å². The maximum Gasteiger partial charge on any atom is 0.416 e. The summed E-state index contributed by atoms with van der Waals surface area (Å²) >= 11 is 0. The van der Waals surface area contributed by atoms with Gasteiger partial charge in [0.05, 0.1) is 24.7 Å². The van der Waals surface area contributed by atoms with Crippen molar-refractivity contribution in [1.29, 1.82) is 0 Å². The number of anilines is 1. The Hall–Kier alpha value is -2.97. The molecule has 1 aliphatic heterocycles. The average molecular weight is 432 g/mol. The first-order valence-corrected chi connectivity index (χ1v) is 10.3. The summed E-state index contributed by atoms with van der Waals surface area (Å²) in [6, 6.07) is 3.57. The minimum absolute atomic E-state index is 0.0361. The molecular formula is C22H23F3N4O2. The molecule has 2 aromatic rings. The Kier molecular flexibility index (Phi) is 5.45. The topological polar surface area (TPSA) is 66.4 Å². The van der Waals surface area contributed by atoms with Crippen LogP contribution in [0.15, 0.2) is 36.7 Å². The summed E-state index contributed by atoms with van der Waals surface area (Å²) in [5, 5.41) is 0. The quantitative estimate of drug-likeness (QED) is 0.630. The van der Waals surface area contributed by atoms with Crippen LogP contribution < -0.4 is 4.90 Å². The van der Waals surface area contributed by atoms with Crippen LogP contribution in [-0.4, -0.2) is 45.8 Å². The van der Waals surface area contributed by atoms with Gasteiger partial charge in [-0.15, -0.1) is 0 Å². The van der Waals surface area contributed by atoms with E-state index in [1.807, 2.05) is 13.8 Å². The van der Waals surface area contributed by atoms with Gasteiger partial charge in [-0.25, -0.2) is 14.8 Å². The second-order valence-corrected chi connectivity index (χ2v) is 8.42. The Morgan fingerprint density at radius 1 is 1.19 bits per heavy atom. The zero-order chi connectivity index (χ0) is 22.3. The van der Waals surface area contributed by atoms with Crippen molar-refractivity contribution in [1.82, 2.24) is 14.9 Å². The molecule has 9 heteroatoms. The monoisotopic (exact) mass is 432 g/mol. The molecule has 1 atom stereocenters. The van der Waals surface area contributed by atoms with Crippen LogP contribution in [0.1, 0.15) is 54.1 Å². The van der Waals surface area contributed by atoms with Gasteiger partial charge in [0.25, 0.3) is 0 Å². The fourth-order valence-electron chi connectivity index (χ4n) is 3.80. The summed E-state index contributed by atoms with van der Waals surface area (Å²) < 4.78 is 39.0. The molecule has 2 aliphatic rings. The van der Waals surface area contributed by atoms with Gasteiger partial charge in [-0.05, 0) is 42.4 Å². The van der Waals surface area contributed by atoms with E-state index in [-0.39, 0.29) is 30.0 Å². The number of halogens is 3. The summed E-state index contributed by atoms with van der Waals surface area (Å²) in [5.74, 6) is 0.258. The van der Waals surface area contributed by atoms with Crippen LogP contribution in [0, 0.1) is 5.92 Å². The number of Topliss-reactive ketones (excluding diaryl/α,β-unsaturated/α-hetero) is 1. The first kappa shape index (κ1) is 21.3. The van der Waals surface area contributed by atoms with Gasteiger partial charge in [-0.3, -0.25) is 9.69 Å². The highest BCUT2D eigenvalue weighted by Crippen LogP contribution is 2.39. The van der Waals surface area contributed by atoms with Crippen molar-refractivity contribution in [3.63, 3.8) is 0 Å². The number of carbonyl (C=O) groups is 2. The Bertz CT molecular complexity index is 987. The molecule has 1 aliphatic carbocycles. The first-order valence-electron chi connectivity index (χ1n) is 10.3. The lowest BCUT2D eigenvalue weighted by Gasteiger charge is -2.25. The predicted octanol–water partition coefficient (Wildman–Crippen LogP) is 4.52. The van der Waals surface area contributed by atoms with Crippen molar-refractivity contribution in [3.05, 3.63) is 53.3 Å². The van der Waals surface area contributed by atoms with Crippen LogP contribution >= 0.6 is 0 Å².